The molecule has 2 aromatic rings. The molecule has 0 fully saturated rings. The van der Waals surface area contributed by atoms with Crippen LogP contribution in [-0.2, 0) is 36.9 Å². The van der Waals surface area contributed by atoms with E-state index < -0.39 is 53.6 Å². The predicted octanol–water partition coefficient (Wildman–Crippen LogP) is 2.69. The number of aliphatic imine (C=N–C) groups is 1. The maximum absolute atomic E-state index is 13.6. The molecule has 0 saturated heterocycles. The molecular formula is C34H48ClN9O8. The van der Waals surface area contributed by atoms with Gasteiger partial charge >= 0.3 is 12.2 Å². The molecule has 3 unspecified atom stereocenters. The largest absolute Gasteiger partial charge is 0.445 e. The zero-order valence-corrected chi connectivity index (χ0v) is 30.2. The zero-order valence-electron chi connectivity index (χ0n) is 29.5. The van der Waals surface area contributed by atoms with Crippen molar-refractivity contribution in [2.24, 2.45) is 21.7 Å². The molecule has 0 bridgehead atoms. The van der Waals surface area contributed by atoms with Crippen LogP contribution in [0.4, 0.5) is 9.59 Å². The van der Waals surface area contributed by atoms with Crippen LogP contribution in [0.2, 0.25) is 5.02 Å². The van der Waals surface area contributed by atoms with Crippen molar-refractivity contribution in [3.63, 3.8) is 0 Å². The highest BCUT2D eigenvalue weighted by molar-refractivity contribution is 6.31. The lowest BCUT2D eigenvalue weighted by Gasteiger charge is -2.26. The zero-order chi connectivity index (χ0) is 38.5. The highest BCUT2D eigenvalue weighted by Crippen LogP contribution is 2.16. The topological polar surface area (TPSA) is 258 Å². The van der Waals surface area contributed by atoms with E-state index in [0.717, 1.165) is 0 Å². The van der Waals surface area contributed by atoms with Gasteiger partial charge in [0, 0.05) is 30.1 Å². The molecular weight excluding hydrogens is 698 g/mol. The quantitative estimate of drug-likeness (QED) is 0.0343. The van der Waals surface area contributed by atoms with E-state index in [9.17, 15) is 28.9 Å². The molecule has 284 valence electrons. The predicted molar refractivity (Wildman–Crippen MR) is 195 cm³/mol. The number of halogens is 1. The van der Waals surface area contributed by atoms with Gasteiger partial charge in [-0.1, -0.05) is 60.1 Å². The third-order valence-corrected chi connectivity index (χ3v) is 7.55. The Kier molecular flexibility index (Phi) is 18.4. The minimum atomic E-state index is -1.18. The van der Waals surface area contributed by atoms with Gasteiger partial charge in [-0.05, 0) is 64.5 Å². The summed E-state index contributed by atoms with van der Waals surface area (Å²) in [6, 6.07) is 12.4. The van der Waals surface area contributed by atoms with E-state index in [0.29, 0.717) is 29.0 Å². The molecule has 0 aliphatic carbocycles. The van der Waals surface area contributed by atoms with Gasteiger partial charge in [0.05, 0.1) is 5.29 Å². The molecule has 0 aromatic heterocycles. The van der Waals surface area contributed by atoms with Crippen LogP contribution in [0.3, 0.4) is 0 Å². The highest BCUT2D eigenvalue weighted by atomic mass is 35.5. The number of nitrogens with two attached hydrogens (primary N) is 2. The summed E-state index contributed by atoms with van der Waals surface area (Å²) < 4.78 is 10.5. The van der Waals surface area contributed by atoms with Gasteiger partial charge in [0.25, 0.3) is 0 Å². The number of carbonyl (C=O) groups is 5. The number of alkyl carbamates (subject to hydrolysis) is 2. The fourth-order valence-electron chi connectivity index (χ4n) is 4.66. The van der Waals surface area contributed by atoms with E-state index in [-0.39, 0.29) is 51.3 Å². The second-order valence-electron chi connectivity index (χ2n) is 12.6. The molecule has 0 aliphatic rings. The van der Waals surface area contributed by atoms with Crippen molar-refractivity contribution in [3.8, 4) is 0 Å². The van der Waals surface area contributed by atoms with Crippen molar-refractivity contribution < 1.29 is 33.4 Å². The van der Waals surface area contributed by atoms with Crippen molar-refractivity contribution in [1.29, 1.82) is 0 Å². The van der Waals surface area contributed by atoms with Crippen LogP contribution < -0.4 is 38.2 Å². The first-order chi connectivity index (χ1) is 24.7. The van der Waals surface area contributed by atoms with Crippen LogP contribution in [-0.4, -0.2) is 72.7 Å². The van der Waals surface area contributed by atoms with Crippen LogP contribution in [0.15, 0.2) is 64.9 Å². The molecule has 18 heteroatoms. The van der Waals surface area contributed by atoms with E-state index in [1.807, 2.05) is 5.43 Å². The average molecular weight is 746 g/mol. The highest BCUT2D eigenvalue weighted by Gasteiger charge is 2.30. The number of hydrogen-bond donors (Lipinski definition) is 7. The Labute approximate surface area is 307 Å². The summed E-state index contributed by atoms with van der Waals surface area (Å²) in [5.74, 6) is -2.38. The summed E-state index contributed by atoms with van der Waals surface area (Å²) >= 11 is 6.08. The van der Waals surface area contributed by atoms with Crippen LogP contribution in [0.25, 0.3) is 0 Å². The van der Waals surface area contributed by atoms with Crippen molar-refractivity contribution >= 4 is 47.5 Å². The van der Waals surface area contributed by atoms with E-state index >= 15 is 0 Å². The van der Waals surface area contributed by atoms with Gasteiger partial charge in [-0.25, -0.2) is 15.0 Å². The van der Waals surface area contributed by atoms with Gasteiger partial charge in [0.2, 0.25) is 23.7 Å². The van der Waals surface area contributed by atoms with E-state index in [4.69, 9.17) is 32.5 Å². The van der Waals surface area contributed by atoms with Crippen molar-refractivity contribution in [3.05, 3.63) is 75.7 Å². The minimum absolute atomic E-state index is 0.00156. The van der Waals surface area contributed by atoms with Gasteiger partial charge in [-0.3, -0.25) is 19.4 Å². The summed E-state index contributed by atoms with van der Waals surface area (Å²) in [5, 5.41) is 13.4. The number of amides is 5. The Hall–Kier alpha value is -5.45. The SMILES string of the molecule is CC(C)(C)OC(=O)NC(CCCN=C(N)NN=O)C(=O)NC(Cc1ccccc1)C(=O)NC(CCCCNC(=O)OCc1ccccc1Cl)C(N)=O. The number of nitrogens with zero attached hydrogens (tertiary/aromatic N) is 2. The van der Waals surface area contributed by atoms with Gasteiger partial charge in [0.1, 0.15) is 30.3 Å². The minimum Gasteiger partial charge on any atom is -0.445 e. The summed E-state index contributed by atoms with van der Waals surface area (Å²) in [5.41, 5.74) is 13.6. The molecule has 9 N–H and O–H groups in total. The second-order valence-corrected chi connectivity index (χ2v) is 13.0. The molecule has 2 rings (SSSR count). The molecule has 17 nitrogen and oxygen atoms in total. The maximum Gasteiger partial charge on any atom is 0.408 e. The molecule has 0 spiro atoms. The number of hydrogen-bond acceptors (Lipinski definition) is 10. The van der Waals surface area contributed by atoms with Crippen LogP contribution in [0.5, 0.6) is 0 Å². The first-order valence-corrected chi connectivity index (χ1v) is 17.0. The standard InChI is InChI=1S/C34H48ClN9O8/c1-34(2,3)52-33(49)42-26(17-11-19-38-31(37)43-44-50)29(46)41-27(20-22-12-5-4-6-13-22)30(47)40-25(28(36)45)16-9-10-18-39-32(48)51-21-23-14-7-8-15-24(23)35/h4-8,12-15,25-27H,9-11,16-21H2,1-3H3,(H2,36,45)(H,39,48)(H,40,47)(H,41,46)(H,42,49)(H3,37,38,43,50). The third-order valence-electron chi connectivity index (χ3n) is 7.18. The Morgan fingerprint density at radius 3 is 2.10 bits per heavy atom. The Balaban J connectivity index is 2.06. The molecule has 0 heterocycles. The third kappa shape index (κ3) is 17.5. The lowest BCUT2D eigenvalue weighted by Crippen LogP contribution is -2.57. The van der Waals surface area contributed by atoms with Gasteiger partial charge < -0.3 is 42.2 Å². The lowest BCUT2D eigenvalue weighted by molar-refractivity contribution is -0.132. The van der Waals surface area contributed by atoms with Crippen LogP contribution in [0, 0.1) is 4.91 Å². The number of primary amides is 1. The Morgan fingerprint density at radius 2 is 1.44 bits per heavy atom. The van der Waals surface area contributed by atoms with Gasteiger partial charge in [0.15, 0.2) is 0 Å². The van der Waals surface area contributed by atoms with Crippen molar-refractivity contribution in [1.82, 2.24) is 26.7 Å². The smallest absolute Gasteiger partial charge is 0.408 e. The van der Waals surface area contributed by atoms with E-state index in [2.05, 4.69) is 31.5 Å². The number of guanidine groups is 1. The van der Waals surface area contributed by atoms with Gasteiger partial charge in [-0.15, -0.1) is 4.91 Å². The van der Waals surface area contributed by atoms with Crippen LogP contribution >= 0.6 is 11.6 Å². The van der Waals surface area contributed by atoms with E-state index in [1.165, 1.54) is 0 Å². The molecule has 0 saturated carbocycles. The number of nitroso groups, excluding NO2 is 1. The second kappa shape index (κ2) is 22.4. The molecule has 52 heavy (non-hydrogen) atoms. The first-order valence-electron chi connectivity index (χ1n) is 16.6. The Morgan fingerprint density at radius 1 is 0.808 bits per heavy atom. The number of ether oxygens (including phenoxy) is 2. The summed E-state index contributed by atoms with van der Waals surface area (Å²) in [7, 11) is 0. The monoisotopic (exact) mass is 745 g/mol. The molecule has 3 atom stereocenters. The Bertz CT molecular complexity index is 1520. The number of carbonyl (C=O) groups excluding carboxylic acids is 5. The van der Waals surface area contributed by atoms with Gasteiger partial charge in [-0.2, -0.15) is 0 Å². The van der Waals surface area contributed by atoms with Crippen molar-refractivity contribution in [2.45, 2.75) is 89.6 Å². The number of nitrogens with one attached hydrogen (secondary N) is 5. The fourth-order valence-corrected chi connectivity index (χ4v) is 4.85. The molecule has 5 amide bonds. The molecule has 0 radical (unpaired) electrons. The first kappa shape index (κ1) is 42.7. The fraction of sp³-hybridized carbons (Fsp3) is 0.471. The molecule has 2 aromatic carbocycles. The lowest BCUT2D eigenvalue weighted by atomic mass is 10.0. The average Bonchev–Trinajstić information content (AvgIpc) is 3.07. The van der Waals surface area contributed by atoms with Crippen molar-refractivity contribution in [2.75, 3.05) is 13.1 Å². The normalized spacial score (nSPS) is 13.0. The molecule has 0 aliphatic heterocycles. The summed E-state index contributed by atoms with van der Waals surface area (Å²) in [4.78, 5) is 78.5. The number of unbranched alkanes of at least 4 members (excludes halogenated alkanes) is 1. The number of rotatable bonds is 20. The van der Waals surface area contributed by atoms with E-state index in [1.54, 1.807) is 75.4 Å². The maximum atomic E-state index is 13.6. The number of benzene rings is 2. The summed E-state index contributed by atoms with van der Waals surface area (Å²) in [6.45, 7) is 5.32. The summed E-state index contributed by atoms with van der Waals surface area (Å²) in [6.07, 6.45) is -0.142. The van der Waals surface area contributed by atoms with Crippen LogP contribution in [0.1, 0.15) is 64.0 Å².